The Kier molecular flexibility index (Phi) is 6.18. The molecule has 0 saturated carbocycles. The maximum absolute atomic E-state index is 13.1. The first-order valence-corrected chi connectivity index (χ1v) is 9.28. The zero-order chi connectivity index (χ0) is 20.1. The van der Waals surface area contributed by atoms with Crippen molar-refractivity contribution in [3.05, 3.63) is 81.4 Å². The minimum atomic E-state index is -0.408. The summed E-state index contributed by atoms with van der Waals surface area (Å²) in [5.74, 6) is -0.220. The fraction of sp³-hybridized carbons (Fsp3) is 0.190. The smallest absolute Gasteiger partial charge is 0.271 e. The molecule has 0 bridgehead atoms. The summed E-state index contributed by atoms with van der Waals surface area (Å²) in [6.07, 6.45) is 1.43. The molecule has 1 N–H and O–H groups in total. The summed E-state index contributed by atoms with van der Waals surface area (Å²) in [5.41, 5.74) is 0.984. The van der Waals surface area contributed by atoms with Gasteiger partial charge in [-0.1, -0.05) is 36.4 Å². The molecule has 0 aliphatic carbocycles. The predicted molar refractivity (Wildman–Crippen MR) is 115 cm³/mol. The lowest BCUT2D eigenvalue weighted by Crippen LogP contribution is -2.27. The monoisotopic (exact) mass is 394 g/mol. The molecule has 1 aromatic heterocycles. The third kappa shape index (κ3) is 4.11. The molecule has 0 fully saturated rings. The van der Waals surface area contributed by atoms with E-state index in [0.29, 0.717) is 17.9 Å². The highest BCUT2D eigenvalue weighted by atomic mass is 32.1. The highest BCUT2D eigenvalue weighted by Gasteiger charge is 2.17. The molecule has 3 aromatic rings. The van der Waals surface area contributed by atoms with Gasteiger partial charge in [0.2, 0.25) is 5.88 Å². The van der Waals surface area contributed by atoms with Crippen molar-refractivity contribution >= 4 is 18.4 Å². The van der Waals surface area contributed by atoms with Crippen LogP contribution in [0.2, 0.25) is 0 Å². The van der Waals surface area contributed by atoms with E-state index in [4.69, 9.17) is 12.2 Å². The van der Waals surface area contributed by atoms with Crippen LogP contribution in [0.4, 0.5) is 0 Å². The molecule has 0 amide bonds. The Hall–Kier alpha value is -3.03. The van der Waals surface area contributed by atoms with Crippen molar-refractivity contribution in [3.8, 4) is 17.3 Å². The van der Waals surface area contributed by atoms with Crippen molar-refractivity contribution in [1.29, 1.82) is 0 Å². The van der Waals surface area contributed by atoms with Crippen LogP contribution in [0.15, 0.2) is 70.5 Å². The minimum Gasteiger partial charge on any atom is -0.494 e. The summed E-state index contributed by atoms with van der Waals surface area (Å²) in [6.45, 7) is 1.25. The molecule has 2 aromatic carbocycles. The van der Waals surface area contributed by atoms with Crippen LogP contribution in [0.1, 0.15) is 5.56 Å². The van der Waals surface area contributed by atoms with Crippen LogP contribution in [-0.2, 0) is 0 Å². The van der Waals surface area contributed by atoms with Crippen molar-refractivity contribution in [2.75, 3.05) is 27.2 Å². The van der Waals surface area contributed by atoms with E-state index in [9.17, 15) is 9.90 Å². The highest BCUT2D eigenvalue weighted by Crippen LogP contribution is 2.21. The summed E-state index contributed by atoms with van der Waals surface area (Å²) in [4.78, 5) is 19.5. The lowest BCUT2D eigenvalue weighted by atomic mass is 10.2. The van der Waals surface area contributed by atoms with Crippen molar-refractivity contribution in [2.45, 2.75) is 0 Å². The quantitative estimate of drug-likeness (QED) is 0.516. The molecule has 0 spiro atoms. The van der Waals surface area contributed by atoms with E-state index in [0.717, 1.165) is 6.54 Å². The number of para-hydroxylation sites is 2. The Morgan fingerprint density at radius 3 is 2.07 bits per heavy atom. The maximum atomic E-state index is 13.1. The highest BCUT2D eigenvalue weighted by molar-refractivity contribution is 7.71. The number of benzene rings is 2. The normalized spacial score (nSPS) is 11.4. The van der Waals surface area contributed by atoms with Gasteiger partial charge in [0.25, 0.3) is 5.56 Å². The maximum Gasteiger partial charge on any atom is 0.271 e. The number of aromatic nitrogens is 2. The van der Waals surface area contributed by atoms with Gasteiger partial charge in [-0.15, -0.1) is 0 Å². The minimum absolute atomic E-state index is 0.0973. The molecule has 0 aliphatic rings. The summed E-state index contributed by atoms with van der Waals surface area (Å²) < 4.78 is 3.08. The molecule has 0 saturated heterocycles. The second kappa shape index (κ2) is 8.77. The summed E-state index contributed by atoms with van der Waals surface area (Å²) in [5, 5.41) is 10.9. The van der Waals surface area contributed by atoms with Crippen LogP contribution in [0, 0.1) is 4.77 Å². The van der Waals surface area contributed by atoms with Crippen molar-refractivity contribution in [2.24, 2.45) is 4.99 Å². The molecule has 28 heavy (non-hydrogen) atoms. The van der Waals surface area contributed by atoms with Gasteiger partial charge >= 0.3 is 0 Å². The first-order chi connectivity index (χ1) is 13.5. The van der Waals surface area contributed by atoms with Gasteiger partial charge in [0.05, 0.1) is 17.9 Å². The van der Waals surface area contributed by atoms with E-state index >= 15 is 0 Å². The molecule has 0 aliphatic heterocycles. The number of nitrogens with zero attached hydrogens (tertiary/aromatic N) is 4. The molecule has 3 rings (SSSR count). The third-order valence-corrected chi connectivity index (χ3v) is 4.56. The number of hydrogen-bond acceptors (Lipinski definition) is 5. The first-order valence-electron chi connectivity index (χ1n) is 8.87. The topological polar surface area (TPSA) is 62.8 Å². The molecular formula is C21H22N4O2S. The average Bonchev–Trinajstić information content (AvgIpc) is 2.69. The fourth-order valence-corrected chi connectivity index (χ4v) is 3.14. The van der Waals surface area contributed by atoms with E-state index in [1.165, 1.54) is 15.3 Å². The van der Waals surface area contributed by atoms with Gasteiger partial charge in [0.1, 0.15) is 5.56 Å². The van der Waals surface area contributed by atoms with Crippen LogP contribution in [0.5, 0.6) is 5.88 Å². The number of hydrogen-bond donors (Lipinski definition) is 1. The van der Waals surface area contributed by atoms with Crippen molar-refractivity contribution in [1.82, 2.24) is 14.0 Å². The standard InChI is InChI=1S/C21H22N4O2S/c1-23(2)14-13-22-15-18-19(26)24(16-9-5-3-6-10-16)21(28)25(20(18)27)17-11-7-4-8-12-17/h3-12,15,26H,13-14H2,1-2H3. The van der Waals surface area contributed by atoms with Crippen LogP contribution in [0.3, 0.4) is 0 Å². The largest absolute Gasteiger partial charge is 0.494 e. The van der Waals surface area contributed by atoms with Gasteiger partial charge in [-0.05, 0) is 50.6 Å². The van der Waals surface area contributed by atoms with Crippen LogP contribution in [0.25, 0.3) is 11.4 Å². The zero-order valence-corrected chi connectivity index (χ0v) is 16.6. The summed E-state index contributed by atoms with van der Waals surface area (Å²) in [7, 11) is 3.90. The molecular weight excluding hydrogens is 372 g/mol. The second-order valence-corrected chi connectivity index (χ2v) is 6.87. The van der Waals surface area contributed by atoms with Gasteiger partial charge in [-0.25, -0.2) is 0 Å². The SMILES string of the molecule is CN(C)CCN=Cc1c(O)n(-c2ccccc2)c(=S)n(-c2ccccc2)c1=O. The lowest BCUT2D eigenvalue weighted by molar-refractivity contribution is 0.420. The Bertz CT molecular complexity index is 1090. The van der Waals surface area contributed by atoms with Gasteiger partial charge in [-0.2, -0.15) is 0 Å². The molecule has 0 atom stereocenters. The molecule has 6 nitrogen and oxygen atoms in total. The molecule has 1 heterocycles. The Morgan fingerprint density at radius 2 is 1.54 bits per heavy atom. The second-order valence-electron chi connectivity index (χ2n) is 6.51. The number of aliphatic imine (C=N–C) groups is 1. The van der Waals surface area contributed by atoms with E-state index in [-0.39, 0.29) is 16.2 Å². The van der Waals surface area contributed by atoms with Crippen molar-refractivity contribution < 1.29 is 5.11 Å². The Labute approximate surface area is 168 Å². The van der Waals surface area contributed by atoms with Gasteiger partial charge in [-0.3, -0.25) is 18.9 Å². The number of rotatable bonds is 6. The first kappa shape index (κ1) is 19.7. The summed E-state index contributed by atoms with van der Waals surface area (Å²) in [6, 6.07) is 18.4. The predicted octanol–water partition coefficient (Wildman–Crippen LogP) is 3.04. The Balaban J connectivity index is 2.25. The van der Waals surface area contributed by atoms with E-state index in [1.54, 1.807) is 12.1 Å². The lowest BCUT2D eigenvalue weighted by Gasteiger charge is -2.16. The zero-order valence-electron chi connectivity index (χ0n) is 15.8. The fourth-order valence-electron chi connectivity index (χ4n) is 2.76. The van der Waals surface area contributed by atoms with E-state index in [1.807, 2.05) is 67.5 Å². The molecule has 0 unspecified atom stereocenters. The molecule has 0 radical (unpaired) electrons. The number of aromatic hydroxyl groups is 1. The van der Waals surface area contributed by atoms with Gasteiger partial charge < -0.3 is 10.0 Å². The average molecular weight is 395 g/mol. The van der Waals surface area contributed by atoms with Gasteiger partial charge in [0, 0.05) is 12.8 Å². The Morgan fingerprint density at radius 1 is 1.00 bits per heavy atom. The van der Waals surface area contributed by atoms with Gasteiger partial charge in [0.15, 0.2) is 4.77 Å². The van der Waals surface area contributed by atoms with Crippen LogP contribution >= 0.6 is 12.2 Å². The summed E-state index contributed by atoms with van der Waals surface area (Å²) >= 11 is 5.57. The molecule has 7 heteroatoms. The molecule has 144 valence electrons. The van der Waals surface area contributed by atoms with Crippen molar-refractivity contribution in [3.63, 3.8) is 0 Å². The van der Waals surface area contributed by atoms with E-state index < -0.39 is 5.56 Å². The van der Waals surface area contributed by atoms with E-state index in [2.05, 4.69) is 4.99 Å². The van der Waals surface area contributed by atoms with Crippen LogP contribution in [-0.4, -0.2) is 52.5 Å². The number of likely N-dealkylation sites (N-methyl/N-ethyl adjacent to an activating group) is 1. The van der Waals surface area contributed by atoms with Crippen LogP contribution < -0.4 is 5.56 Å². The third-order valence-electron chi connectivity index (χ3n) is 4.19.